The second kappa shape index (κ2) is 5.10. The molecule has 1 atom stereocenters. The summed E-state index contributed by atoms with van der Waals surface area (Å²) in [7, 11) is 1.93. The molecule has 1 unspecified atom stereocenters. The summed E-state index contributed by atoms with van der Waals surface area (Å²) in [6.07, 6.45) is 1.73. The maximum atomic E-state index is 5.51. The summed E-state index contributed by atoms with van der Waals surface area (Å²) >= 11 is 0. The Morgan fingerprint density at radius 1 is 1.32 bits per heavy atom. The van der Waals surface area contributed by atoms with E-state index in [9.17, 15) is 0 Å². The van der Waals surface area contributed by atoms with Gasteiger partial charge in [-0.3, -0.25) is 9.78 Å². The summed E-state index contributed by atoms with van der Waals surface area (Å²) in [4.78, 5) is 7.15. The molecule has 1 N–H and O–H groups in total. The molecule has 0 aliphatic carbocycles. The third kappa shape index (κ3) is 2.05. The number of aromatic nitrogens is 5. The first kappa shape index (κ1) is 13.3. The minimum Gasteiger partial charge on any atom is -0.377 e. The van der Waals surface area contributed by atoms with Crippen molar-refractivity contribution < 1.29 is 4.74 Å². The van der Waals surface area contributed by atoms with E-state index < -0.39 is 0 Å². The number of ether oxygens (including phenoxy) is 1. The Labute approximate surface area is 127 Å². The van der Waals surface area contributed by atoms with Gasteiger partial charge in [-0.05, 0) is 25.1 Å². The number of H-pyrrole nitrogens is 1. The second-order valence-corrected chi connectivity index (χ2v) is 5.60. The van der Waals surface area contributed by atoms with E-state index in [4.69, 9.17) is 9.72 Å². The summed E-state index contributed by atoms with van der Waals surface area (Å²) in [5, 5.41) is 11.6. The molecule has 0 radical (unpaired) electrons. The van der Waals surface area contributed by atoms with Crippen molar-refractivity contribution in [1.82, 2.24) is 25.0 Å². The molecule has 1 aliphatic rings. The van der Waals surface area contributed by atoms with E-state index >= 15 is 0 Å². The van der Waals surface area contributed by atoms with Crippen LogP contribution in [0, 0.1) is 0 Å². The smallest absolute Gasteiger partial charge is 0.136 e. The van der Waals surface area contributed by atoms with Crippen molar-refractivity contribution in [2.45, 2.75) is 13.0 Å². The predicted octanol–water partition coefficient (Wildman–Crippen LogP) is 1.58. The van der Waals surface area contributed by atoms with Crippen LogP contribution >= 0.6 is 0 Å². The van der Waals surface area contributed by atoms with Crippen LogP contribution in [0.15, 0.2) is 24.4 Å². The Bertz CT molecular complexity index is 794. The van der Waals surface area contributed by atoms with Gasteiger partial charge in [0.2, 0.25) is 0 Å². The fraction of sp³-hybridized carbons (Fsp3) is 0.400. The van der Waals surface area contributed by atoms with Crippen molar-refractivity contribution in [3.63, 3.8) is 0 Å². The van der Waals surface area contributed by atoms with Crippen molar-refractivity contribution in [1.29, 1.82) is 0 Å². The van der Waals surface area contributed by atoms with Crippen molar-refractivity contribution in [3.8, 4) is 11.4 Å². The molecule has 1 aliphatic heterocycles. The van der Waals surface area contributed by atoms with E-state index in [1.165, 1.54) is 0 Å². The molecular weight excluding hydrogens is 280 g/mol. The molecule has 0 bridgehead atoms. The Hall–Kier alpha value is -2.41. The molecule has 0 amide bonds. The zero-order chi connectivity index (χ0) is 15.1. The number of aryl methyl sites for hydroxylation is 1. The minimum absolute atomic E-state index is 0.325. The molecule has 7 heteroatoms. The maximum Gasteiger partial charge on any atom is 0.136 e. The number of hydrogen-bond donors (Lipinski definition) is 1. The topological polar surface area (TPSA) is 71.9 Å². The van der Waals surface area contributed by atoms with Gasteiger partial charge in [-0.15, -0.1) is 0 Å². The van der Waals surface area contributed by atoms with Gasteiger partial charge in [0, 0.05) is 19.8 Å². The van der Waals surface area contributed by atoms with Crippen LogP contribution in [0.3, 0.4) is 0 Å². The molecule has 3 aromatic heterocycles. The Morgan fingerprint density at radius 2 is 2.23 bits per heavy atom. The lowest BCUT2D eigenvalue weighted by Crippen LogP contribution is -2.44. The van der Waals surface area contributed by atoms with E-state index in [1.807, 2.05) is 17.8 Å². The molecule has 1 fully saturated rings. The van der Waals surface area contributed by atoms with E-state index in [1.54, 1.807) is 6.20 Å². The Balaban J connectivity index is 1.84. The average molecular weight is 298 g/mol. The van der Waals surface area contributed by atoms with Crippen LogP contribution in [-0.4, -0.2) is 50.8 Å². The van der Waals surface area contributed by atoms with Gasteiger partial charge in [-0.2, -0.15) is 10.2 Å². The SMILES string of the molecule is CC1COCCN1c1ccc2c(n1)c(-c1ccn[nH]1)nn2C. The summed E-state index contributed by atoms with van der Waals surface area (Å²) in [6, 6.07) is 6.37. The molecule has 0 aromatic carbocycles. The molecular formula is C15H18N6O. The first-order chi connectivity index (χ1) is 10.7. The third-order valence-corrected chi connectivity index (χ3v) is 4.10. The van der Waals surface area contributed by atoms with Crippen molar-refractivity contribution >= 4 is 16.9 Å². The number of hydrogen-bond acceptors (Lipinski definition) is 5. The zero-order valence-corrected chi connectivity index (χ0v) is 12.7. The normalized spacial score (nSPS) is 19.0. The van der Waals surface area contributed by atoms with Crippen LogP contribution in [0.25, 0.3) is 22.4 Å². The third-order valence-electron chi connectivity index (χ3n) is 4.10. The van der Waals surface area contributed by atoms with Crippen LogP contribution in [0.1, 0.15) is 6.92 Å². The van der Waals surface area contributed by atoms with Crippen LogP contribution in [0.4, 0.5) is 5.82 Å². The van der Waals surface area contributed by atoms with Gasteiger partial charge in [0.05, 0.1) is 30.5 Å². The molecule has 0 spiro atoms. The van der Waals surface area contributed by atoms with Crippen LogP contribution in [0.5, 0.6) is 0 Å². The van der Waals surface area contributed by atoms with Gasteiger partial charge >= 0.3 is 0 Å². The van der Waals surface area contributed by atoms with Gasteiger partial charge < -0.3 is 9.64 Å². The van der Waals surface area contributed by atoms with E-state index in [0.29, 0.717) is 6.04 Å². The van der Waals surface area contributed by atoms with Crippen LogP contribution < -0.4 is 4.90 Å². The first-order valence-electron chi connectivity index (χ1n) is 7.42. The molecule has 0 saturated carbocycles. The van der Waals surface area contributed by atoms with Crippen molar-refractivity contribution in [2.75, 3.05) is 24.7 Å². The van der Waals surface area contributed by atoms with E-state index in [2.05, 4.69) is 39.3 Å². The highest BCUT2D eigenvalue weighted by Gasteiger charge is 2.22. The molecule has 22 heavy (non-hydrogen) atoms. The zero-order valence-electron chi connectivity index (χ0n) is 12.7. The number of fused-ring (bicyclic) bond motifs is 1. The number of nitrogens with zero attached hydrogens (tertiary/aromatic N) is 5. The van der Waals surface area contributed by atoms with Gasteiger partial charge in [-0.25, -0.2) is 4.98 Å². The fourth-order valence-corrected chi connectivity index (χ4v) is 2.92. The number of nitrogens with one attached hydrogen (secondary N) is 1. The van der Waals surface area contributed by atoms with Gasteiger partial charge in [-0.1, -0.05) is 0 Å². The number of anilines is 1. The molecule has 114 valence electrons. The van der Waals surface area contributed by atoms with Gasteiger partial charge in [0.25, 0.3) is 0 Å². The molecule has 1 saturated heterocycles. The largest absolute Gasteiger partial charge is 0.377 e. The summed E-state index contributed by atoms with van der Waals surface area (Å²) < 4.78 is 7.36. The molecule has 4 heterocycles. The quantitative estimate of drug-likeness (QED) is 0.778. The Kier molecular flexibility index (Phi) is 3.07. The van der Waals surface area contributed by atoms with Crippen molar-refractivity contribution in [2.24, 2.45) is 7.05 Å². The lowest BCUT2D eigenvalue weighted by atomic mass is 10.2. The minimum atomic E-state index is 0.325. The standard InChI is InChI=1S/C15H18N6O/c1-10-9-22-8-7-21(10)13-4-3-12-15(17-13)14(19-20(12)2)11-5-6-16-18-11/h3-6,10H,7-9H2,1-2H3,(H,16,18). The fourth-order valence-electron chi connectivity index (χ4n) is 2.92. The summed E-state index contributed by atoms with van der Waals surface area (Å²) in [5.41, 5.74) is 3.61. The Morgan fingerprint density at radius 3 is 3.00 bits per heavy atom. The average Bonchev–Trinajstić information content (AvgIpc) is 3.16. The van der Waals surface area contributed by atoms with E-state index in [0.717, 1.165) is 48.0 Å². The highest BCUT2D eigenvalue weighted by atomic mass is 16.5. The molecule has 3 aromatic rings. The lowest BCUT2D eigenvalue weighted by Gasteiger charge is -2.34. The molecule has 4 rings (SSSR count). The van der Waals surface area contributed by atoms with Crippen LogP contribution in [-0.2, 0) is 11.8 Å². The lowest BCUT2D eigenvalue weighted by molar-refractivity contribution is 0.0986. The number of pyridine rings is 1. The van der Waals surface area contributed by atoms with Crippen molar-refractivity contribution in [3.05, 3.63) is 24.4 Å². The maximum absolute atomic E-state index is 5.51. The predicted molar refractivity (Wildman–Crippen MR) is 83.7 cm³/mol. The summed E-state index contributed by atoms with van der Waals surface area (Å²) in [5.74, 6) is 0.970. The summed E-state index contributed by atoms with van der Waals surface area (Å²) in [6.45, 7) is 4.49. The highest BCUT2D eigenvalue weighted by molar-refractivity contribution is 5.90. The number of morpholine rings is 1. The second-order valence-electron chi connectivity index (χ2n) is 5.60. The van der Waals surface area contributed by atoms with Gasteiger partial charge in [0.1, 0.15) is 17.0 Å². The highest BCUT2D eigenvalue weighted by Crippen LogP contribution is 2.27. The van der Waals surface area contributed by atoms with Gasteiger partial charge in [0.15, 0.2) is 0 Å². The number of rotatable bonds is 2. The van der Waals surface area contributed by atoms with Crippen LogP contribution in [0.2, 0.25) is 0 Å². The van der Waals surface area contributed by atoms with E-state index in [-0.39, 0.29) is 0 Å². The molecule has 7 nitrogen and oxygen atoms in total. The first-order valence-corrected chi connectivity index (χ1v) is 7.42. The monoisotopic (exact) mass is 298 g/mol. The number of aromatic amines is 1.